The zero-order chi connectivity index (χ0) is 26.9. The first-order chi connectivity index (χ1) is 19.0. The molecule has 0 aromatic heterocycles. The van der Waals surface area contributed by atoms with E-state index in [1.165, 1.54) is 74.5 Å². The van der Waals surface area contributed by atoms with Gasteiger partial charge in [-0.15, -0.1) is 0 Å². The van der Waals surface area contributed by atoms with Crippen molar-refractivity contribution in [2.75, 3.05) is 38.0 Å². The lowest BCUT2D eigenvalue weighted by atomic mass is 9.72. The van der Waals surface area contributed by atoms with E-state index in [9.17, 15) is 10.1 Å². The second-order valence-corrected chi connectivity index (χ2v) is 12.5. The van der Waals surface area contributed by atoms with Crippen LogP contribution >= 0.6 is 0 Å². The number of anilines is 1. The molecule has 6 rings (SSSR count). The van der Waals surface area contributed by atoms with Crippen molar-refractivity contribution < 1.29 is 4.79 Å². The monoisotopic (exact) mass is 528 g/mol. The van der Waals surface area contributed by atoms with Crippen molar-refractivity contribution in [3.63, 3.8) is 0 Å². The summed E-state index contributed by atoms with van der Waals surface area (Å²) in [5.41, 5.74) is 5.87. The summed E-state index contributed by atoms with van der Waals surface area (Å²) >= 11 is 0. The second-order valence-electron chi connectivity index (χ2n) is 12.5. The lowest BCUT2D eigenvalue weighted by Gasteiger charge is -2.46. The van der Waals surface area contributed by atoms with Gasteiger partial charge in [-0.05, 0) is 80.2 Å². The molecular weight excluding hydrogens is 484 g/mol. The fourth-order valence-electron chi connectivity index (χ4n) is 8.03. The number of carbonyl (C=O) groups excluding carboxylic acids is 1. The van der Waals surface area contributed by atoms with Gasteiger partial charge in [-0.1, -0.05) is 44.7 Å². The fourth-order valence-corrected chi connectivity index (χ4v) is 8.03. The quantitative estimate of drug-likeness (QED) is 0.480. The maximum absolute atomic E-state index is 13.2. The normalized spacial score (nSPS) is 26.4. The standard InChI is InChI=1S/C32H44N6O/c1-2-37-17-19-38(20-18-37)32(13-5-6-14-32)25-7-8-28(36-30(39)29-34-23-26(22-33)35-29)27(21-25)24-9-15-31(16-10-24)11-3-4-12-31/h7-9,21,23,29,34-35H,2-6,10-20H2,1H3,(H,36,39). The number of nitrogens with one attached hydrogen (secondary N) is 3. The molecule has 1 amide bonds. The molecule has 39 heavy (non-hydrogen) atoms. The van der Waals surface area contributed by atoms with Crippen LogP contribution in [-0.4, -0.2) is 54.6 Å². The third-order valence-electron chi connectivity index (χ3n) is 10.5. The van der Waals surface area contributed by atoms with Crippen molar-refractivity contribution >= 4 is 17.2 Å². The summed E-state index contributed by atoms with van der Waals surface area (Å²) in [6.45, 7) is 7.94. The summed E-state index contributed by atoms with van der Waals surface area (Å²) in [6, 6.07) is 8.94. The molecule has 7 nitrogen and oxygen atoms in total. The van der Waals surface area contributed by atoms with Gasteiger partial charge >= 0.3 is 0 Å². The van der Waals surface area contributed by atoms with Gasteiger partial charge in [-0.2, -0.15) is 5.26 Å². The van der Waals surface area contributed by atoms with Crippen LogP contribution in [0.15, 0.2) is 36.2 Å². The molecule has 1 aromatic rings. The maximum atomic E-state index is 13.2. The van der Waals surface area contributed by atoms with Crippen molar-refractivity contribution in [2.45, 2.75) is 89.3 Å². The van der Waals surface area contributed by atoms with Gasteiger partial charge in [0, 0.05) is 49.2 Å². The van der Waals surface area contributed by atoms with E-state index in [4.69, 9.17) is 0 Å². The minimum Gasteiger partial charge on any atom is -0.361 e. The van der Waals surface area contributed by atoms with Crippen LogP contribution in [-0.2, 0) is 10.3 Å². The SMILES string of the molecule is CCN1CCN(C2(c3ccc(NC(=O)C4NC=C(C#N)N4)c(C4=CCC5(CCCC5)CC4)c3)CCCC2)CC1. The number of rotatable bonds is 6. The summed E-state index contributed by atoms with van der Waals surface area (Å²) in [7, 11) is 0. The zero-order valence-corrected chi connectivity index (χ0v) is 23.5. The molecule has 2 saturated carbocycles. The van der Waals surface area contributed by atoms with Gasteiger partial charge in [-0.3, -0.25) is 9.69 Å². The van der Waals surface area contributed by atoms with Crippen LogP contribution in [0.25, 0.3) is 5.57 Å². The number of allylic oxidation sites excluding steroid dienone is 3. The first-order valence-corrected chi connectivity index (χ1v) is 15.3. The van der Waals surface area contributed by atoms with E-state index in [0.717, 1.165) is 51.3 Å². The summed E-state index contributed by atoms with van der Waals surface area (Å²) in [4.78, 5) is 18.5. The number of nitriles is 1. The molecule has 3 fully saturated rings. The largest absolute Gasteiger partial charge is 0.361 e. The smallest absolute Gasteiger partial charge is 0.267 e. The molecule has 1 atom stereocenters. The van der Waals surface area contributed by atoms with Gasteiger partial charge < -0.3 is 20.9 Å². The van der Waals surface area contributed by atoms with Crippen molar-refractivity contribution in [3.05, 3.63) is 47.3 Å². The number of hydrogen-bond acceptors (Lipinski definition) is 6. The lowest BCUT2D eigenvalue weighted by molar-refractivity contribution is -0.118. The van der Waals surface area contributed by atoms with Crippen molar-refractivity contribution in [1.82, 2.24) is 20.4 Å². The Kier molecular flexibility index (Phi) is 7.43. The van der Waals surface area contributed by atoms with Crippen LogP contribution in [0.4, 0.5) is 5.69 Å². The molecule has 208 valence electrons. The Bertz CT molecular complexity index is 1180. The van der Waals surface area contributed by atoms with Crippen molar-refractivity contribution in [2.24, 2.45) is 5.41 Å². The van der Waals surface area contributed by atoms with Crippen LogP contribution in [0.3, 0.4) is 0 Å². The summed E-state index contributed by atoms with van der Waals surface area (Å²) < 4.78 is 0. The highest BCUT2D eigenvalue weighted by Crippen LogP contribution is 2.51. The minimum atomic E-state index is -0.634. The number of hydrogen-bond donors (Lipinski definition) is 3. The Morgan fingerprint density at radius 2 is 1.82 bits per heavy atom. The van der Waals surface area contributed by atoms with Gasteiger partial charge in [0.1, 0.15) is 11.8 Å². The van der Waals surface area contributed by atoms with E-state index in [1.54, 1.807) is 6.20 Å². The fraction of sp³-hybridized carbons (Fsp3) is 0.625. The highest BCUT2D eigenvalue weighted by Gasteiger charge is 2.43. The predicted octanol–water partition coefficient (Wildman–Crippen LogP) is 5.04. The number of benzene rings is 1. The van der Waals surface area contributed by atoms with E-state index in [2.05, 4.69) is 63.0 Å². The molecule has 1 saturated heterocycles. The Morgan fingerprint density at radius 3 is 2.46 bits per heavy atom. The molecule has 2 heterocycles. The highest BCUT2D eigenvalue weighted by atomic mass is 16.2. The number of carbonyl (C=O) groups is 1. The van der Waals surface area contributed by atoms with E-state index in [1.807, 2.05) is 0 Å². The minimum absolute atomic E-state index is 0.0964. The van der Waals surface area contributed by atoms with Gasteiger partial charge in [0.15, 0.2) is 6.17 Å². The summed E-state index contributed by atoms with van der Waals surface area (Å²) in [5, 5.41) is 18.3. The van der Waals surface area contributed by atoms with Crippen LogP contribution < -0.4 is 16.0 Å². The van der Waals surface area contributed by atoms with E-state index in [-0.39, 0.29) is 11.4 Å². The molecule has 0 radical (unpaired) electrons. The molecule has 1 aromatic carbocycles. The lowest BCUT2D eigenvalue weighted by Crippen LogP contribution is -2.54. The Morgan fingerprint density at radius 1 is 1.08 bits per heavy atom. The van der Waals surface area contributed by atoms with Gasteiger partial charge in [0.2, 0.25) is 0 Å². The maximum Gasteiger partial charge on any atom is 0.267 e. The molecule has 5 aliphatic rings. The van der Waals surface area contributed by atoms with Crippen LogP contribution in [0, 0.1) is 16.7 Å². The molecule has 3 N–H and O–H groups in total. The Labute approximate surface area is 233 Å². The van der Waals surface area contributed by atoms with Gasteiger partial charge in [0.25, 0.3) is 5.91 Å². The summed E-state index contributed by atoms with van der Waals surface area (Å²) in [6.07, 6.45) is 17.4. The number of piperazine rings is 1. The zero-order valence-electron chi connectivity index (χ0n) is 23.5. The van der Waals surface area contributed by atoms with Crippen molar-refractivity contribution in [3.8, 4) is 6.07 Å². The molecular formula is C32H44N6O. The third-order valence-corrected chi connectivity index (χ3v) is 10.5. The molecule has 1 spiro atoms. The molecule has 0 bridgehead atoms. The van der Waals surface area contributed by atoms with Gasteiger partial charge in [0.05, 0.1) is 0 Å². The van der Waals surface area contributed by atoms with Crippen LogP contribution in [0.2, 0.25) is 0 Å². The second kappa shape index (κ2) is 11.0. The number of amides is 1. The van der Waals surface area contributed by atoms with E-state index >= 15 is 0 Å². The Hall–Kier alpha value is -2.82. The highest BCUT2D eigenvalue weighted by molar-refractivity contribution is 5.98. The molecule has 2 aliphatic heterocycles. The van der Waals surface area contributed by atoms with Gasteiger partial charge in [-0.25, -0.2) is 0 Å². The first kappa shape index (κ1) is 26.4. The number of nitrogens with zero attached hydrogens (tertiary/aromatic N) is 3. The molecule has 3 aliphatic carbocycles. The average molecular weight is 529 g/mol. The average Bonchev–Trinajstić information content (AvgIpc) is 3.76. The van der Waals surface area contributed by atoms with Crippen LogP contribution in [0.1, 0.15) is 88.7 Å². The van der Waals surface area contributed by atoms with E-state index < -0.39 is 6.17 Å². The predicted molar refractivity (Wildman–Crippen MR) is 155 cm³/mol. The van der Waals surface area contributed by atoms with Crippen LogP contribution in [0.5, 0.6) is 0 Å². The first-order valence-electron chi connectivity index (χ1n) is 15.3. The Balaban J connectivity index is 1.31. The summed E-state index contributed by atoms with van der Waals surface area (Å²) in [5.74, 6) is -0.166. The van der Waals surface area contributed by atoms with Crippen molar-refractivity contribution in [1.29, 1.82) is 5.26 Å². The number of likely N-dealkylation sites (N-methyl/N-ethyl adjacent to an activating group) is 1. The third kappa shape index (κ3) is 5.10. The topological polar surface area (TPSA) is 83.4 Å². The molecule has 7 heteroatoms. The van der Waals surface area contributed by atoms with E-state index in [0.29, 0.717) is 11.1 Å². The molecule has 1 unspecified atom stereocenters.